The van der Waals surface area contributed by atoms with E-state index in [0.717, 1.165) is 13.1 Å². The molecule has 0 aromatic heterocycles. The van der Waals surface area contributed by atoms with E-state index in [1.54, 1.807) is 0 Å². The van der Waals surface area contributed by atoms with Crippen molar-refractivity contribution < 1.29 is 0 Å². The van der Waals surface area contributed by atoms with Crippen LogP contribution in [0.4, 0.5) is 11.4 Å². The van der Waals surface area contributed by atoms with Gasteiger partial charge in [-0.05, 0) is 81.4 Å². The summed E-state index contributed by atoms with van der Waals surface area (Å²) in [7, 11) is 0. The van der Waals surface area contributed by atoms with Crippen LogP contribution in [-0.2, 0) is 0 Å². The zero-order chi connectivity index (χ0) is 39.3. The molecule has 3 aromatic rings. The van der Waals surface area contributed by atoms with Gasteiger partial charge >= 0.3 is 13.7 Å². The third kappa shape index (κ3) is 7.36. The van der Waals surface area contributed by atoms with Gasteiger partial charge in [0.25, 0.3) is 0 Å². The summed E-state index contributed by atoms with van der Waals surface area (Å²) in [5.74, 6) is 0. The van der Waals surface area contributed by atoms with E-state index < -0.39 is 0 Å². The first-order valence-electron chi connectivity index (χ1n) is 22.6. The molecule has 4 aliphatic carbocycles. The highest BCUT2D eigenvalue weighted by Gasteiger charge is 2.43. The van der Waals surface area contributed by atoms with Gasteiger partial charge in [0.1, 0.15) is 0 Å². The summed E-state index contributed by atoms with van der Waals surface area (Å²) in [6.45, 7) is 6.96. The minimum Gasteiger partial charge on any atom is -0.406 e. The Labute approximate surface area is 349 Å². The van der Waals surface area contributed by atoms with Gasteiger partial charge < -0.3 is 9.62 Å². The molecule has 0 spiro atoms. The molecule has 6 aliphatic rings. The molecule has 9 rings (SSSR count). The van der Waals surface area contributed by atoms with Crippen LogP contribution >= 0.6 is 0 Å². The lowest BCUT2D eigenvalue weighted by atomic mass is 9.44. The number of hydrogen-bond acceptors (Lipinski definition) is 2. The van der Waals surface area contributed by atoms with Crippen molar-refractivity contribution in [1.82, 2.24) is 0 Å². The van der Waals surface area contributed by atoms with E-state index in [2.05, 4.69) is 169 Å². The number of unbranched alkanes of at least 4 members (excludes halogenated alkanes) is 10. The minimum atomic E-state index is 0.134. The molecule has 0 N–H and O–H groups in total. The van der Waals surface area contributed by atoms with E-state index in [1.807, 2.05) is 0 Å². The maximum absolute atomic E-state index is 2.81. The van der Waals surface area contributed by atoms with Crippen molar-refractivity contribution >= 4 is 46.9 Å². The average molecular weight is 757 g/mol. The monoisotopic (exact) mass is 756 g/mol. The predicted molar refractivity (Wildman–Crippen MR) is 255 cm³/mol. The first-order chi connectivity index (χ1) is 28.8. The summed E-state index contributed by atoms with van der Waals surface area (Å²) < 4.78 is 0. The molecular formula is C54H58B2N2. The second-order valence-corrected chi connectivity index (χ2v) is 16.9. The van der Waals surface area contributed by atoms with E-state index in [0.29, 0.717) is 0 Å². The van der Waals surface area contributed by atoms with Crippen molar-refractivity contribution in [2.45, 2.75) is 90.9 Å². The van der Waals surface area contributed by atoms with Gasteiger partial charge in [0.2, 0.25) is 0 Å². The molecule has 2 aliphatic heterocycles. The summed E-state index contributed by atoms with van der Waals surface area (Å²) in [6.07, 6.45) is 15.4. The second-order valence-electron chi connectivity index (χ2n) is 16.9. The van der Waals surface area contributed by atoms with E-state index in [1.165, 1.54) is 155 Å². The van der Waals surface area contributed by atoms with Gasteiger partial charge in [0.05, 0.1) is 0 Å². The summed E-state index contributed by atoms with van der Waals surface area (Å²) in [6, 6.07) is 55.6. The van der Waals surface area contributed by atoms with Crippen LogP contribution in [0.1, 0.15) is 90.9 Å². The van der Waals surface area contributed by atoms with Gasteiger partial charge in [-0.25, -0.2) is 0 Å². The van der Waals surface area contributed by atoms with Crippen molar-refractivity contribution in [3.8, 4) is 44.5 Å². The molecule has 3 aromatic carbocycles. The van der Waals surface area contributed by atoms with Crippen LogP contribution in [0.25, 0.3) is 44.5 Å². The number of rotatable bonds is 16. The van der Waals surface area contributed by atoms with Crippen LogP contribution < -0.4 is 31.5 Å². The molecule has 0 radical (unpaired) electrons. The fraction of sp³-hybridized carbons (Fsp3) is 0.296. The van der Waals surface area contributed by atoms with Crippen LogP contribution in [0.3, 0.4) is 0 Å². The highest BCUT2D eigenvalue weighted by Crippen LogP contribution is 2.49. The Balaban J connectivity index is 1.27. The molecule has 58 heavy (non-hydrogen) atoms. The molecule has 290 valence electrons. The zero-order valence-corrected chi connectivity index (χ0v) is 34.8. The zero-order valence-electron chi connectivity index (χ0n) is 34.8. The van der Waals surface area contributed by atoms with Crippen molar-refractivity contribution in [3.05, 3.63) is 146 Å². The average Bonchev–Trinajstić information content (AvgIpc) is 3.57. The molecule has 0 atom stereocenters. The van der Waals surface area contributed by atoms with Crippen LogP contribution in [0, 0.1) is 0 Å². The molecule has 4 heteroatoms. The van der Waals surface area contributed by atoms with Gasteiger partial charge in [0, 0.05) is 35.6 Å². The highest BCUT2D eigenvalue weighted by molar-refractivity contribution is 6.92. The lowest BCUT2D eigenvalue weighted by molar-refractivity contribution is 0.611. The van der Waals surface area contributed by atoms with Gasteiger partial charge in [-0.15, -0.1) is 0 Å². The number of benzene rings is 3. The lowest BCUT2D eigenvalue weighted by Gasteiger charge is -2.42. The van der Waals surface area contributed by atoms with E-state index in [9.17, 15) is 0 Å². The Kier molecular flexibility index (Phi) is 11.7. The van der Waals surface area contributed by atoms with Gasteiger partial charge in [-0.1, -0.05) is 210 Å². The number of nitrogens with zero attached hydrogens (tertiary/aromatic N) is 2. The Morgan fingerprint density at radius 3 is 1.12 bits per heavy atom. The maximum Gasteiger partial charge on any atom is 0.324 e. The third-order valence-electron chi connectivity index (χ3n) is 13.1. The summed E-state index contributed by atoms with van der Waals surface area (Å²) >= 11 is 0. The SMILES string of the molecule is CCCCCCCCN1B(c2ccccc2)c2c3cccccc-3cc2-c2cc3c(cc21)-c1cc2cccccc-2c1B(c1ccccc1)N3CCCCCCCC. The molecule has 0 fully saturated rings. The Morgan fingerprint density at radius 1 is 0.345 bits per heavy atom. The van der Waals surface area contributed by atoms with Crippen LogP contribution in [0.2, 0.25) is 0 Å². The topological polar surface area (TPSA) is 6.48 Å². The molecule has 0 amide bonds. The Hall–Kier alpha value is -5.21. The fourth-order valence-electron chi connectivity index (χ4n) is 10.3. The number of fused-ring (bicyclic) bond motifs is 10. The van der Waals surface area contributed by atoms with Crippen LogP contribution in [0.15, 0.2) is 146 Å². The molecule has 2 heterocycles. The molecule has 2 nitrogen and oxygen atoms in total. The van der Waals surface area contributed by atoms with Crippen molar-refractivity contribution in [3.63, 3.8) is 0 Å². The smallest absolute Gasteiger partial charge is 0.324 e. The predicted octanol–water partition coefficient (Wildman–Crippen LogP) is 11.8. The first-order valence-corrected chi connectivity index (χ1v) is 22.6. The van der Waals surface area contributed by atoms with E-state index in [4.69, 9.17) is 0 Å². The summed E-state index contributed by atoms with van der Waals surface area (Å²) in [5.41, 5.74) is 19.4. The van der Waals surface area contributed by atoms with Gasteiger partial charge in [-0.2, -0.15) is 0 Å². The van der Waals surface area contributed by atoms with Gasteiger partial charge in [0.15, 0.2) is 0 Å². The van der Waals surface area contributed by atoms with Gasteiger partial charge in [-0.3, -0.25) is 0 Å². The normalized spacial score (nSPS) is 13.1. The molecule has 0 bridgehead atoms. The lowest BCUT2D eigenvalue weighted by Crippen LogP contribution is -2.60. The summed E-state index contributed by atoms with van der Waals surface area (Å²) in [5, 5.41) is 0. The highest BCUT2D eigenvalue weighted by atomic mass is 15.1. The largest absolute Gasteiger partial charge is 0.406 e. The standard InChI is InChI=1S/C54H58B2N2/c1-3-5-7-9-11-25-35-57-51-39-48-50-38-42-28-18-14-24-34-46(42)54(50)56(44-31-21-16-22-32-44)58(36-26-12-10-8-6-4-2)52(48)40-47(51)49-37-41-27-17-13-23-33-45(41)53(49)55(57)43-29-19-15-20-30-43/h13-24,27-34,37-40H,3-12,25-26,35-36H2,1-2H3. The van der Waals surface area contributed by atoms with Crippen LogP contribution in [-0.4, -0.2) is 26.8 Å². The Morgan fingerprint density at radius 2 is 0.707 bits per heavy atom. The van der Waals surface area contributed by atoms with Crippen molar-refractivity contribution in [2.75, 3.05) is 22.7 Å². The Bertz CT molecular complexity index is 2200. The number of hydrogen-bond donors (Lipinski definition) is 0. The van der Waals surface area contributed by atoms with E-state index >= 15 is 0 Å². The van der Waals surface area contributed by atoms with E-state index in [-0.39, 0.29) is 13.7 Å². The summed E-state index contributed by atoms with van der Waals surface area (Å²) in [4.78, 5) is 5.62. The third-order valence-corrected chi connectivity index (χ3v) is 13.1. The molecule has 0 saturated carbocycles. The number of anilines is 2. The quantitative estimate of drug-likeness (QED) is 0.0716. The first kappa shape index (κ1) is 38.3. The maximum atomic E-state index is 2.81. The molecule has 0 saturated heterocycles. The second kappa shape index (κ2) is 17.7. The molecule has 0 unspecified atom stereocenters. The van der Waals surface area contributed by atoms with Crippen molar-refractivity contribution in [1.29, 1.82) is 0 Å². The van der Waals surface area contributed by atoms with Crippen molar-refractivity contribution in [2.24, 2.45) is 0 Å². The fourth-order valence-corrected chi connectivity index (χ4v) is 10.3. The minimum absolute atomic E-state index is 0.134. The molecular weight excluding hydrogens is 698 g/mol. The van der Waals surface area contributed by atoms with Crippen LogP contribution in [0.5, 0.6) is 0 Å².